The van der Waals surface area contributed by atoms with Gasteiger partial charge in [-0.3, -0.25) is 0 Å². The fraction of sp³-hybridized carbons (Fsp3) is 0.310. The average molecular weight is 580 g/mol. The Kier molecular flexibility index (Phi) is 7.60. The maximum Gasteiger partial charge on any atom is 0.169 e. The first-order valence-corrected chi connectivity index (χ1v) is 14.3. The van der Waals surface area contributed by atoms with Crippen molar-refractivity contribution in [2.24, 2.45) is 0 Å². The lowest BCUT2D eigenvalue weighted by Gasteiger charge is -2.15. The van der Waals surface area contributed by atoms with E-state index in [9.17, 15) is 0 Å². The van der Waals surface area contributed by atoms with Gasteiger partial charge in [0.25, 0.3) is 0 Å². The van der Waals surface area contributed by atoms with E-state index in [0.29, 0.717) is 25.6 Å². The van der Waals surface area contributed by atoms with Gasteiger partial charge in [0.15, 0.2) is 5.16 Å². The maximum atomic E-state index is 5.95. The molecule has 37 heavy (non-hydrogen) atoms. The van der Waals surface area contributed by atoms with Gasteiger partial charge in [-0.2, -0.15) is 0 Å². The molecular formula is C29H31BrN4O2S. The summed E-state index contributed by atoms with van der Waals surface area (Å²) < 4.78 is 16.8. The Hall–Kier alpha value is -2.81. The molecule has 0 spiro atoms. The Morgan fingerprint density at radius 3 is 2.43 bits per heavy atom. The molecule has 0 unspecified atom stereocenters. The molecule has 0 saturated carbocycles. The molecule has 2 heterocycles. The first kappa shape index (κ1) is 25.8. The van der Waals surface area contributed by atoms with Crippen molar-refractivity contribution in [3.05, 3.63) is 70.2 Å². The molecule has 0 amide bonds. The third kappa shape index (κ3) is 4.78. The summed E-state index contributed by atoms with van der Waals surface area (Å²) in [5, 5.41) is 0.976. The third-order valence-corrected chi connectivity index (χ3v) is 8.26. The van der Waals surface area contributed by atoms with Crippen LogP contribution < -0.4 is 4.74 Å². The number of para-hydroxylation sites is 2. The smallest absolute Gasteiger partial charge is 0.169 e. The molecule has 0 aliphatic rings. The fourth-order valence-electron chi connectivity index (χ4n) is 4.74. The van der Waals surface area contributed by atoms with Crippen molar-refractivity contribution < 1.29 is 9.47 Å². The van der Waals surface area contributed by atoms with Crippen molar-refractivity contribution in [1.29, 1.82) is 0 Å². The summed E-state index contributed by atoms with van der Waals surface area (Å²) in [7, 11) is 3.44. The molecule has 5 rings (SSSR count). The van der Waals surface area contributed by atoms with Crippen molar-refractivity contribution in [3.63, 3.8) is 0 Å². The van der Waals surface area contributed by atoms with E-state index in [0.717, 1.165) is 54.4 Å². The molecule has 0 bridgehead atoms. The molecule has 6 nitrogen and oxygen atoms in total. The molecule has 0 aliphatic heterocycles. The predicted molar refractivity (Wildman–Crippen MR) is 156 cm³/mol. The summed E-state index contributed by atoms with van der Waals surface area (Å²) in [6, 6.07) is 19.0. The van der Waals surface area contributed by atoms with Gasteiger partial charge in [0.2, 0.25) is 0 Å². The van der Waals surface area contributed by atoms with Crippen molar-refractivity contribution >= 4 is 49.8 Å². The van der Waals surface area contributed by atoms with Crippen LogP contribution in [0.5, 0.6) is 5.75 Å². The molecule has 2 aromatic heterocycles. The van der Waals surface area contributed by atoms with Crippen LogP contribution >= 0.6 is 27.7 Å². The minimum atomic E-state index is 0.476. The van der Waals surface area contributed by atoms with Crippen molar-refractivity contribution in [2.75, 3.05) is 27.1 Å². The van der Waals surface area contributed by atoms with Crippen LogP contribution in [0.3, 0.4) is 0 Å². The van der Waals surface area contributed by atoms with E-state index in [-0.39, 0.29) is 0 Å². The highest BCUT2D eigenvalue weighted by Gasteiger charge is 2.22. The molecular weight excluding hydrogens is 548 g/mol. The van der Waals surface area contributed by atoms with Crippen LogP contribution in [0.1, 0.15) is 30.9 Å². The molecule has 0 radical (unpaired) electrons. The second-order valence-electron chi connectivity index (χ2n) is 9.28. The molecule has 0 aliphatic carbocycles. The number of halogens is 1. The number of ether oxygens (including phenoxy) is 2. The van der Waals surface area contributed by atoms with Crippen LogP contribution in [0.2, 0.25) is 0 Å². The fourth-order valence-corrected chi connectivity index (χ4v) is 5.83. The predicted octanol–water partition coefficient (Wildman–Crippen LogP) is 7.36. The van der Waals surface area contributed by atoms with Gasteiger partial charge < -0.3 is 18.6 Å². The largest absolute Gasteiger partial charge is 0.494 e. The second-order valence-corrected chi connectivity index (χ2v) is 10.8. The summed E-state index contributed by atoms with van der Waals surface area (Å²) in [6.07, 6.45) is 2.06. The van der Waals surface area contributed by atoms with E-state index in [1.807, 2.05) is 6.07 Å². The molecule has 192 valence electrons. The van der Waals surface area contributed by atoms with Gasteiger partial charge in [-0.25, -0.2) is 9.97 Å². The highest BCUT2D eigenvalue weighted by atomic mass is 79.9. The minimum Gasteiger partial charge on any atom is -0.494 e. The topological polar surface area (TPSA) is 54.1 Å². The van der Waals surface area contributed by atoms with Gasteiger partial charge in [-0.15, -0.1) is 0 Å². The lowest BCUT2D eigenvalue weighted by atomic mass is 10.0. The van der Waals surface area contributed by atoms with Crippen LogP contribution in [0.4, 0.5) is 0 Å². The zero-order valence-electron chi connectivity index (χ0n) is 21.8. The number of imidazole rings is 2. The summed E-state index contributed by atoms with van der Waals surface area (Å²) in [5.74, 6) is 2.16. The van der Waals surface area contributed by atoms with Crippen molar-refractivity contribution in [2.45, 2.75) is 38.0 Å². The third-order valence-electron chi connectivity index (χ3n) is 6.70. The number of methoxy groups -OCH3 is 2. The number of aromatic nitrogens is 4. The summed E-state index contributed by atoms with van der Waals surface area (Å²) in [5.41, 5.74) is 7.39. The van der Waals surface area contributed by atoms with Gasteiger partial charge >= 0.3 is 0 Å². The number of thioether (sulfide) groups is 1. The monoisotopic (exact) mass is 578 g/mol. The lowest BCUT2D eigenvalue weighted by Crippen LogP contribution is -2.07. The molecule has 8 heteroatoms. The summed E-state index contributed by atoms with van der Waals surface area (Å²) >= 11 is 5.56. The number of nitrogens with zero attached hydrogens (tertiary/aromatic N) is 4. The molecule has 3 aromatic carbocycles. The lowest BCUT2D eigenvalue weighted by molar-refractivity contribution is 0.188. The van der Waals surface area contributed by atoms with Gasteiger partial charge in [0.1, 0.15) is 22.6 Å². The van der Waals surface area contributed by atoms with Crippen molar-refractivity contribution in [1.82, 2.24) is 19.1 Å². The molecule has 0 N–H and O–H groups in total. The van der Waals surface area contributed by atoms with E-state index >= 15 is 0 Å². The normalized spacial score (nSPS) is 11.8. The number of fused-ring (bicyclic) bond motifs is 2. The Balaban J connectivity index is 1.68. The van der Waals surface area contributed by atoms with Crippen LogP contribution in [-0.2, 0) is 17.8 Å². The van der Waals surface area contributed by atoms with E-state index in [1.165, 1.54) is 5.56 Å². The molecule has 0 atom stereocenters. The van der Waals surface area contributed by atoms with Gasteiger partial charge in [-0.05, 0) is 57.4 Å². The Morgan fingerprint density at radius 1 is 1.00 bits per heavy atom. The van der Waals surface area contributed by atoms with E-state index in [2.05, 4.69) is 93.7 Å². The number of hydrogen-bond acceptors (Lipinski definition) is 5. The minimum absolute atomic E-state index is 0.476. The molecule has 5 aromatic rings. The summed E-state index contributed by atoms with van der Waals surface area (Å²) in [4.78, 5) is 9.98. The van der Waals surface area contributed by atoms with Crippen LogP contribution in [0, 0.1) is 0 Å². The zero-order chi connectivity index (χ0) is 26.1. The highest BCUT2D eigenvalue weighted by molar-refractivity contribution is 9.10. The van der Waals surface area contributed by atoms with E-state index in [4.69, 9.17) is 19.4 Å². The first-order valence-electron chi connectivity index (χ1n) is 12.3. The summed E-state index contributed by atoms with van der Waals surface area (Å²) in [6.45, 7) is 6.30. The van der Waals surface area contributed by atoms with Gasteiger partial charge in [0.05, 0.1) is 35.8 Å². The number of rotatable bonds is 9. The van der Waals surface area contributed by atoms with Gasteiger partial charge in [0, 0.05) is 19.2 Å². The zero-order valence-corrected chi connectivity index (χ0v) is 24.2. The number of hydrogen-bond donors (Lipinski definition) is 0. The van der Waals surface area contributed by atoms with Gasteiger partial charge in [-0.1, -0.05) is 62.0 Å². The maximum absolute atomic E-state index is 5.95. The SMILES string of the molecule is COCCn1c(-c2ccc(C(C)C)cc2)nc2c(Br)c(Cn3c(SC)nc4ccccc43)cc(OC)c21. The van der Waals surface area contributed by atoms with Crippen LogP contribution in [0.25, 0.3) is 33.5 Å². The standard InChI is InChI=1S/C29H31BrN4O2S/c1-18(2)19-10-12-20(13-11-19)28-32-26-25(30)21(16-24(36-4)27(26)33(28)14-15-35-3)17-34-23-9-7-6-8-22(23)31-29(34)37-5/h6-13,16,18H,14-15,17H2,1-5H3. The quantitative estimate of drug-likeness (QED) is 0.171. The Bertz CT molecular complexity index is 1560. The average Bonchev–Trinajstić information content (AvgIpc) is 3.48. The molecule has 0 saturated heterocycles. The van der Waals surface area contributed by atoms with E-state index in [1.54, 1.807) is 26.0 Å². The first-order chi connectivity index (χ1) is 18.0. The molecule has 0 fully saturated rings. The number of benzene rings is 3. The second kappa shape index (κ2) is 10.9. The van der Waals surface area contributed by atoms with Crippen molar-refractivity contribution in [3.8, 4) is 17.1 Å². The van der Waals surface area contributed by atoms with Crippen LogP contribution in [-0.4, -0.2) is 46.2 Å². The highest BCUT2D eigenvalue weighted by Crippen LogP contribution is 2.39. The van der Waals surface area contributed by atoms with E-state index < -0.39 is 0 Å². The Morgan fingerprint density at radius 2 is 1.76 bits per heavy atom. The van der Waals surface area contributed by atoms with Crippen LogP contribution in [0.15, 0.2) is 64.2 Å². The Labute approximate surface area is 230 Å².